The Balaban J connectivity index is 2.11. The van der Waals surface area contributed by atoms with E-state index in [9.17, 15) is 0 Å². The van der Waals surface area contributed by atoms with Gasteiger partial charge < -0.3 is 0 Å². The minimum atomic E-state index is 0.452. The molecule has 0 saturated heterocycles. The summed E-state index contributed by atoms with van der Waals surface area (Å²) in [6.45, 7) is 6.00. The van der Waals surface area contributed by atoms with Gasteiger partial charge in [-0.1, -0.05) is 19.1 Å². The molecule has 0 radical (unpaired) electrons. The van der Waals surface area contributed by atoms with E-state index in [1.165, 1.54) is 15.3 Å². The maximum Gasteiger partial charge on any atom is 0.0303 e. The second kappa shape index (κ2) is 5.08. The van der Waals surface area contributed by atoms with Crippen molar-refractivity contribution >= 4 is 11.3 Å². The molecule has 0 N–H and O–H groups in total. The molecule has 0 spiro atoms. The van der Waals surface area contributed by atoms with Gasteiger partial charge >= 0.3 is 0 Å². The van der Waals surface area contributed by atoms with Gasteiger partial charge in [0.1, 0.15) is 0 Å². The van der Waals surface area contributed by atoms with Crippen LogP contribution in [0.2, 0.25) is 0 Å². The third kappa shape index (κ3) is 2.58. The lowest BCUT2D eigenvalue weighted by Gasteiger charge is -2.00. The quantitative estimate of drug-likeness (QED) is 0.721. The van der Waals surface area contributed by atoms with Gasteiger partial charge in [0, 0.05) is 34.5 Å². The van der Waals surface area contributed by atoms with E-state index >= 15 is 0 Å². The zero-order chi connectivity index (χ0) is 11.4. The van der Waals surface area contributed by atoms with Crippen molar-refractivity contribution in [2.45, 2.75) is 19.3 Å². The summed E-state index contributed by atoms with van der Waals surface area (Å²) >= 11 is 1.86. The number of pyridine rings is 1. The van der Waals surface area contributed by atoms with Crippen molar-refractivity contribution in [1.82, 2.24) is 4.98 Å². The predicted molar refractivity (Wildman–Crippen MR) is 70.0 cm³/mol. The largest absolute Gasteiger partial charge is 0.264 e. The van der Waals surface area contributed by atoms with Crippen molar-refractivity contribution in [3.8, 4) is 0 Å². The van der Waals surface area contributed by atoms with Crippen LogP contribution in [-0.4, -0.2) is 4.98 Å². The van der Waals surface area contributed by atoms with E-state index in [1.54, 1.807) is 0 Å². The molecule has 0 bridgehead atoms. The van der Waals surface area contributed by atoms with Gasteiger partial charge in [0.15, 0.2) is 0 Å². The molecular weight excluding hydrogens is 214 g/mol. The minimum Gasteiger partial charge on any atom is -0.264 e. The number of aromatic nitrogens is 1. The third-order valence-corrected chi connectivity index (χ3v) is 3.87. The number of thiophene rings is 1. The van der Waals surface area contributed by atoms with Gasteiger partial charge in [0.25, 0.3) is 0 Å². The van der Waals surface area contributed by atoms with Crippen LogP contribution in [0.25, 0.3) is 0 Å². The number of hydrogen-bond donors (Lipinski definition) is 0. The standard InChI is InChI=1S/C14H15NS/c1-3-11(2)14-7-6-13(16-14)9-12-5-4-8-15-10-12/h3-8,10-11H,1,9H2,2H3. The van der Waals surface area contributed by atoms with Crippen LogP contribution in [0, 0.1) is 0 Å². The summed E-state index contributed by atoms with van der Waals surface area (Å²) in [5.41, 5.74) is 1.27. The second-order valence-corrected chi connectivity index (χ2v) is 5.07. The monoisotopic (exact) mass is 229 g/mol. The van der Waals surface area contributed by atoms with E-state index in [4.69, 9.17) is 0 Å². The summed E-state index contributed by atoms with van der Waals surface area (Å²) in [5, 5.41) is 0. The van der Waals surface area contributed by atoms with E-state index in [0.29, 0.717) is 5.92 Å². The number of allylic oxidation sites excluding steroid dienone is 1. The Morgan fingerprint density at radius 2 is 2.31 bits per heavy atom. The van der Waals surface area contributed by atoms with E-state index in [-0.39, 0.29) is 0 Å². The average Bonchev–Trinajstić information content (AvgIpc) is 2.78. The number of hydrogen-bond acceptors (Lipinski definition) is 2. The van der Waals surface area contributed by atoms with Gasteiger partial charge in [0.2, 0.25) is 0 Å². The average molecular weight is 229 g/mol. The molecule has 0 fully saturated rings. The molecule has 2 heterocycles. The summed E-state index contributed by atoms with van der Waals surface area (Å²) in [6.07, 6.45) is 6.70. The van der Waals surface area contributed by atoms with E-state index in [0.717, 1.165) is 6.42 Å². The van der Waals surface area contributed by atoms with Crippen molar-refractivity contribution in [3.05, 3.63) is 64.6 Å². The van der Waals surface area contributed by atoms with Crippen LogP contribution in [0.3, 0.4) is 0 Å². The maximum absolute atomic E-state index is 4.13. The topological polar surface area (TPSA) is 12.9 Å². The SMILES string of the molecule is C=CC(C)c1ccc(Cc2cccnc2)s1. The lowest BCUT2D eigenvalue weighted by Crippen LogP contribution is -1.84. The summed E-state index contributed by atoms with van der Waals surface area (Å²) < 4.78 is 0. The van der Waals surface area contributed by atoms with Crippen molar-refractivity contribution < 1.29 is 0 Å². The van der Waals surface area contributed by atoms with Gasteiger partial charge in [-0.05, 0) is 23.8 Å². The molecule has 1 unspecified atom stereocenters. The maximum atomic E-state index is 4.13. The third-order valence-electron chi connectivity index (χ3n) is 2.59. The fourth-order valence-corrected chi connectivity index (χ4v) is 2.65. The minimum absolute atomic E-state index is 0.452. The molecule has 1 atom stereocenters. The molecule has 2 aromatic rings. The Bertz CT molecular complexity index is 459. The van der Waals surface area contributed by atoms with Crippen LogP contribution in [0.1, 0.15) is 28.2 Å². The second-order valence-electron chi connectivity index (χ2n) is 3.87. The van der Waals surface area contributed by atoms with Crippen molar-refractivity contribution in [3.63, 3.8) is 0 Å². The number of rotatable bonds is 4. The lowest BCUT2D eigenvalue weighted by atomic mass is 10.1. The summed E-state index contributed by atoms with van der Waals surface area (Å²) in [6, 6.07) is 8.50. The lowest BCUT2D eigenvalue weighted by molar-refractivity contribution is 1.00. The van der Waals surface area contributed by atoms with E-state index in [2.05, 4.69) is 36.7 Å². The molecule has 0 aliphatic carbocycles. The normalized spacial score (nSPS) is 12.3. The highest BCUT2D eigenvalue weighted by molar-refractivity contribution is 7.12. The van der Waals surface area contributed by atoms with E-state index in [1.807, 2.05) is 35.9 Å². The fraction of sp³-hybridized carbons (Fsp3) is 0.214. The molecule has 0 aliphatic heterocycles. The van der Waals surface area contributed by atoms with Crippen molar-refractivity contribution in [2.75, 3.05) is 0 Å². The Morgan fingerprint density at radius 1 is 1.44 bits per heavy atom. The van der Waals surface area contributed by atoms with Crippen LogP contribution >= 0.6 is 11.3 Å². The first kappa shape index (κ1) is 11.1. The van der Waals surface area contributed by atoms with Crippen molar-refractivity contribution in [2.24, 2.45) is 0 Å². The van der Waals surface area contributed by atoms with Crippen LogP contribution in [0.15, 0.2) is 49.3 Å². The van der Waals surface area contributed by atoms with Gasteiger partial charge in [-0.15, -0.1) is 17.9 Å². The molecule has 16 heavy (non-hydrogen) atoms. The van der Waals surface area contributed by atoms with Crippen molar-refractivity contribution in [1.29, 1.82) is 0 Å². The van der Waals surface area contributed by atoms with Gasteiger partial charge in [-0.2, -0.15) is 0 Å². The summed E-state index contributed by atoms with van der Waals surface area (Å²) in [4.78, 5) is 6.90. The molecule has 1 nitrogen and oxygen atoms in total. The molecule has 0 aliphatic rings. The molecule has 2 rings (SSSR count). The van der Waals surface area contributed by atoms with E-state index < -0.39 is 0 Å². The number of nitrogens with zero attached hydrogens (tertiary/aromatic N) is 1. The molecule has 82 valence electrons. The zero-order valence-corrected chi connectivity index (χ0v) is 10.2. The Kier molecular flexibility index (Phi) is 3.52. The first-order chi connectivity index (χ1) is 7.79. The summed E-state index contributed by atoms with van der Waals surface area (Å²) in [5.74, 6) is 0.452. The molecular formula is C14H15NS. The first-order valence-corrected chi connectivity index (χ1v) is 6.21. The highest BCUT2D eigenvalue weighted by atomic mass is 32.1. The fourth-order valence-electron chi connectivity index (χ4n) is 1.55. The summed E-state index contributed by atoms with van der Waals surface area (Å²) in [7, 11) is 0. The first-order valence-electron chi connectivity index (χ1n) is 5.39. The Labute approximate surface area is 100 Å². The predicted octanol–water partition coefficient (Wildman–Crippen LogP) is 4.02. The van der Waals surface area contributed by atoms with Crippen LogP contribution in [-0.2, 0) is 6.42 Å². The smallest absolute Gasteiger partial charge is 0.0303 e. The molecule has 2 aromatic heterocycles. The Morgan fingerprint density at radius 3 is 3.00 bits per heavy atom. The van der Waals surface area contributed by atoms with Gasteiger partial charge in [0.05, 0.1) is 0 Å². The Hall–Kier alpha value is -1.41. The highest BCUT2D eigenvalue weighted by Gasteiger charge is 2.05. The zero-order valence-electron chi connectivity index (χ0n) is 9.39. The van der Waals surface area contributed by atoms with Crippen LogP contribution in [0.4, 0.5) is 0 Å². The molecule has 2 heteroatoms. The van der Waals surface area contributed by atoms with Gasteiger partial charge in [-0.3, -0.25) is 4.98 Å². The van der Waals surface area contributed by atoms with Crippen LogP contribution in [0.5, 0.6) is 0 Å². The van der Waals surface area contributed by atoms with Crippen LogP contribution < -0.4 is 0 Å². The molecule has 0 amide bonds. The highest BCUT2D eigenvalue weighted by Crippen LogP contribution is 2.26. The molecule has 0 aromatic carbocycles. The van der Waals surface area contributed by atoms with Gasteiger partial charge in [-0.25, -0.2) is 0 Å². The molecule has 0 saturated carbocycles.